The molecule has 168 valence electrons. The molecule has 0 bridgehead atoms. The number of carbonyl (C=O) groups excluding carboxylic acids is 1. The van der Waals surface area contributed by atoms with E-state index in [0.29, 0.717) is 18.1 Å². The largest absolute Gasteiger partial charge is 0.378 e. The van der Waals surface area contributed by atoms with Crippen LogP contribution in [0, 0.1) is 0 Å². The molecular weight excluding hydrogens is 430 g/mol. The van der Waals surface area contributed by atoms with E-state index in [9.17, 15) is 4.79 Å². The highest BCUT2D eigenvalue weighted by Gasteiger charge is 2.16. The average molecular weight is 458 g/mol. The second-order valence-electron chi connectivity index (χ2n) is 7.86. The quantitative estimate of drug-likeness (QED) is 0.379. The summed E-state index contributed by atoms with van der Waals surface area (Å²) in [6.07, 6.45) is 0.665. The van der Waals surface area contributed by atoms with Gasteiger partial charge in [0.05, 0.1) is 5.75 Å². The van der Waals surface area contributed by atoms with Gasteiger partial charge in [-0.2, -0.15) is 0 Å². The third-order valence-corrected chi connectivity index (χ3v) is 6.12. The Morgan fingerprint density at radius 1 is 0.879 bits per heavy atom. The normalized spacial score (nSPS) is 10.7. The summed E-state index contributed by atoms with van der Waals surface area (Å²) in [6, 6.07) is 28.4. The van der Waals surface area contributed by atoms with Gasteiger partial charge in [-0.1, -0.05) is 72.4 Å². The van der Waals surface area contributed by atoms with E-state index in [1.54, 1.807) is 0 Å². The lowest BCUT2D eigenvalue weighted by Crippen LogP contribution is -2.24. The molecule has 0 aliphatic carbocycles. The van der Waals surface area contributed by atoms with Gasteiger partial charge in [-0.15, -0.1) is 10.2 Å². The van der Waals surface area contributed by atoms with Crippen molar-refractivity contribution >= 4 is 23.4 Å². The molecule has 0 saturated heterocycles. The smallest absolute Gasteiger partial charge is 0.230 e. The van der Waals surface area contributed by atoms with Crippen LogP contribution in [0.15, 0.2) is 90.1 Å². The highest BCUT2D eigenvalue weighted by Crippen LogP contribution is 2.23. The standard InChI is InChI=1S/C26H27N5OS/c1-30(2)22-15-13-21(14-16-22)18-27-25(32)19-33-26-29-28-24(17-20-9-5-3-6-10-20)31(26)23-11-7-4-8-12-23/h3-16H,17-19H2,1-2H3,(H,27,32). The Labute approximate surface area is 198 Å². The zero-order valence-corrected chi connectivity index (χ0v) is 19.6. The van der Waals surface area contributed by atoms with E-state index < -0.39 is 0 Å². The molecule has 1 aromatic heterocycles. The molecule has 1 heterocycles. The topological polar surface area (TPSA) is 63.1 Å². The van der Waals surface area contributed by atoms with E-state index in [1.807, 2.05) is 96.4 Å². The van der Waals surface area contributed by atoms with E-state index in [4.69, 9.17) is 0 Å². The second kappa shape index (κ2) is 10.8. The number of aromatic nitrogens is 3. The van der Waals surface area contributed by atoms with Gasteiger partial charge in [0.1, 0.15) is 5.82 Å². The van der Waals surface area contributed by atoms with Crippen LogP contribution in [0.1, 0.15) is 17.0 Å². The minimum absolute atomic E-state index is 0.0380. The number of nitrogens with one attached hydrogen (secondary N) is 1. The molecule has 0 atom stereocenters. The summed E-state index contributed by atoms with van der Waals surface area (Å²) in [5, 5.41) is 12.5. The molecule has 33 heavy (non-hydrogen) atoms. The number of benzene rings is 3. The fourth-order valence-electron chi connectivity index (χ4n) is 3.42. The van der Waals surface area contributed by atoms with E-state index in [1.165, 1.54) is 11.8 Å². The van der Waals surface area contributed by atoms with Gasteiger partial charge >= 0.3 is 0 Å². The van der Waals surface area contributed by atoms with Crippen molar-refractivity contribution in [3.05, 3.63) is 102 Å². The van der Waals surface area contributed by atoms with E-state index in [0.717, 1.165) is 28.3 Å². The maximum Gasteiger partial charge on any atom is 0.230 e. The minimum atomic E-state index is -0.0380. The highest BCUT2D eigenvalue weighted by molar-refractivity contribution is 7.99. The van der Waals surface area contributed by atoms with Crippen LogP contribution in [-0.2, 0) is 17.8 Å². The van der Waals surface area contributed by atoms with E-state index in [-0.39, 0.29) is 11.7 Å². The van der Waals surface area contributed by atoms with Crippen LogP contribution in [0.4, 0.5) is 5.69 Å². The summed E-state index contributed by atoms with van der Waals surface area (Å²) in [5.74, 6) is 1.08. The molecule has 3 aromatic carbocycles. The van der Waals surface area contributed by atoms with E-state index >= 15 is 0 Å². The van der Waals surface area contributed by atoms with E-state index in [2.05, 4.69) is 27.6 Å². The van der Waals surface area contributed by atoms with Gasteiger partial charge in [-0.25, -0.2) is 0 Å². The zero-order valence-electron chi connectivity index (χ0n) is 18.8. The lowest BCUT2D eigenvalue weighted by Gasteiger charge is -2.13. The van der Waals surface area contributed by atoms with Crippen LogP contribution in [0.2, 0.25) is 0 Å². The predicted molar refractivity (Wildman–Crippen MR) is 134 cm³/mol. The first-order chi connectivity index (χ1) is 16.1. The summed E-state index contributed by atoms with van der Waals surface area (Å²) in [6.45, 7) is 0.498. The number of rotatable bonds is 9. The minimum Gasteiger partial charge on any atom is -0.378 e. The Bertz CT molecular complexity index is 1170. The van der Waals surface area contributed by atoms with Crippen LogP contribution in [-0.4, -0.2) is 40.5 Å². The van der Waals surface area contributed by atoms with Gasteiger partial charge in [0.15, 0.2) is 5.16 Å². The van der Waals surface area contributed by atoms with Crippen molar-refractivity contribution in [1.29, 1.82) is 0 Å². The molecular formula is C26H27N5OS. The number of thioether (sulfide) groups is 1. The maximum absolute atomic E-state index is 12.5. The van der Waals surface area contributed by atoms with Gasteiger partial charge < -0.3 is 10.2 Å². The molecule has 7 heteroatoms. The van der Waals surface area contributed by atoms with Crippen molar-refractivity contribution in [2.75, 3.05) is 24.7 Å². The summed E-state index contributed by atoms with van der Waals surface area (Å²) >= 11 is 1.39. The Kier molecular flexibility index (Phi) is 7.42. The van der Waals surface area contributed by atoms with Gasteiger partial charge in [0.25, 0.3) is 0 Å². The van der Waals surface area contributed by atoms with Crippen molar-refractivity contribution in [2.45, 2.75) is 18.1 Å². The average Bonchev–Trinajstić information content (AvgIpc) is 3.25. The van der Waals surface area contributed by atoms with Gasteiger partial charge in [0, 0.05) is 38.4 Å². The molecule has 1 N–H and O–H groups in total. The van der Waals surface area contributed by atoms with Crippen molar-refractivity contribution in [2.24, 2.45) is 0 Å². The van der Waals surface area contributed by atoms with Crippen LogP contribution >= 0.6 is 11.8 Å². The number of hydrogen-bond acceptors (Lipinski definition) is 5. The molecule has 6 nitrogen and oxygen atoms in total. The van der Waals surface area contributed by atoms with Crippen LogP contribution < -0.4 is 10.2 Å². The summed E-state index contributed by atoms with van der Waals surface area (Å²) in [4.78, 5) is 14.6. The number of nitrogens with zero attached hydrogens (tertiary/aromatic N) is 4. The van der Waals surface area contributed by atoms with Gasteiger partial charge in [-0.05, 0) is 35.4 Å². The lowest BCUT2D eigenvalue weighted by atomic mass is 10.1. The van der Waals surface area contributed by atoms with Crippen LogP contribution in [0.5, 0.6) is 0 Å². The molecule has 0 aliphatic rings. The number of para-hydroxylation sites is 1. The van der Waals surface area contributed by atoms with Crippen LogP contribution in [0.3, 0.4) is 0 Å². The fraction of sp³-hybridized carbons (Fsp3) is 0.192. The SMILES string of the molecule is CN(C)c1ccc(CNC(=O)CSc2nnc(Cc3ccccc3)n2-c2ccccc2)cc1. The van der Waals surface area contributed by atoms with Crippen molar-refractivity contribution < 1.29 is 4.79 Å². The molecule has 0 radical (unpaired) electrons. The number of amides is 1. The molecule has 0 unspecified atom stereocenters. The highest BCUT2D eigenvalue weighted by atomic mass is 32.2. The monoisotopic (exact) mass is 457 g/mol. The van der Waals surface area contributed by atoms with Crippen molar-refractivity contribution in [3.63, 3.8) is 0 Å². The molecule has 1 amide bonds. The number of carbonyl (C=O) groups is 1. The van der Waals surface area contributed by atoms with Crippen molar-refractivity contribution in [1.82, 2.24) is 20.1 Å². The number of hydrogen-bond donors (Lipinski definition) is 1. The zero-order chi connectivity index (χ0) is 23.0. The van der Waals surface area contributed by atoms with Crippen molar-refractivity contribution in [3.8, 4) is 5.69 Å². The maximum atomic E-state index is 12.5. The lowest BCUT2D eigenvalue weighted by molar-refractivity contribution is -0.118. The Hall–Kier alpha value is -3.58. The first-order valence-electron chi connectivity index (χ1n) is 10.8. The number of anilines is 1. The second-order valence-corrected chi connectivity index (χ2v) is 8.80. The first-order valence-corrected chi connectivity index (χ1v) is 11.8. The molecule has 4 rings (SSSR count). The molecule has 0 fully saturated rings. The summed E-state index contributed by atoms with van der Waals surface area (Å²) in [7, 11) is 4.01. The Morgan fingerprint density at radius 2 is 1.55 bits per heavy atom. The molecule has 4 aromatic rings. The van der Waals surface area contributed by atoms with Gasteiger partial charge in [-0.3, -0.25) is 9.36 Å². The Balaban J connectivity index is 1.42. The molecule has 0 spiro atoms. The fourth-order valence-corrected chi connectivity index (χ4v) is 4.22. The summed E-state index contributed by atoms with van der Waals surface area (Å²) < 4.78 is 2.03. The molecule has 0 saturated carbocycles. The van der Waals surface area contributed by atoms with Gasteiger partial charge in [0.2, 0.25) is 5.91 Å². The first kappa shape index (κ1) is 22.6. The summed E-state index contributed by atoms with van der Waals surface area (Å²) in [5.41, 5.74) is 4.35. The third-order valence-electron chi connectivity index (χ3n) is 5.19. The predicted octanol–water partition coefficient (Wildman–Crippen LogP) is 4.33. The Morgan fingerprint density at radius 3 is 2.21 bits per heavy atom. The third kappa shape index (κ3) is 6.02. The van der Waals surface area contributed by atoms with Crippen LogP contribution in [0.25, 0.3) is 5.69 Å². The molecule has 0 aliphatic heterocycles.